The molecule has 3 aromatic carbocycles. The largest absolute Gasteiger partial charge is 0.495 e. The van der Waals surface area contributed by atoms with Crippen LogP contribution in [0.15, 0.2) is 65.6 Å². The molecule has 0 aliphatic heterocycles. The summed E-state index contributed by atoms with van der Waals surface area (Å²) in [5, 5.41) is 1.82. The zero-order valence-corrected chi connectivity index (χ0v) is 21.2. The first kappa shape index (κ1) is 29.1. The molecule has 3 aromatic rings. The molecular weight excluding hydrogens is 562 g/mol. The van der Waals surface area contributed by atoms with E-state index in [1.54, 1.807) is 6.92 Å². The van der Waals surface area contributed by atoms with Gasteiger partial charge in [0.2, 0.25) is 5.91 Å². The van der Waals surface area contributed by atoms with E-state index in [0.717, 1.165) is 18.2 Å². The second-order valence-corrected chi connectivity index (χ2v) is 10.2. The first-order chi connectivity index (χ1) is 17.5. The van der Waals surface area contributed by atoms with Gasteiger partial charge in [-0.1, -0.05) is 23.7 Å². The number of aryl methyl sites for hydroxylation is 1. The molecule has 1 N–H and O–H groups in total. The van der Waals surface area contributed by atoms with Crippen molar-refractivity contribution in [2.45, 2.75) is 24.2 Å². The number of rotatable bonds is 7. The topological polar surface area (TPSA) is 75.7 Å². The van der Waals surface area contributed by atoms with Crippen molar-refractivity contribution in [2.24, 2.45) is 0 Å². The summed E-state index contributed by atoms with van der Waals surface area (Å²) in [5.74, 6) is -1.31. The van der Waals surface area contributed by atoms with Crippen molar-refractivity contribution in [1.82, 2.24) is 0 Å². The lowest BCUT2D eigenvalue weighted by Crippen LogP contribution is -2.38. The third kappa shape index (κ3) is 6.51. The normalized spacial score (nSPS) is 12.2. The highest BCUT2D eigenvalue weighted by molar-refractivity contribution is 7.93. The fourth-order valence-electron chi connectivity index (χ4n) is 3.37. The lowest BCUT2D eigenvalue weighted by Gasteiger charge is -2.26. The van der Waals surface area contributed by atoms with Gasteiger partial charge in [0, 0.05) is 0 Å². The third-order valence-corrected chi connectivity index (χ3v) is 7.33. The average Bonchev–Trinajstić information content (AvgIpc) is 2.82. The number of alkyl halides is 6. The second kappa shape index (κ2) is 10.7. The highest BCUT2D eigenvalue weighted by Gasteiger charge is 2.35. The number of amides is 1. The Balaban J connectivity index is 2.09. The maximum absolute atomic E-state index is 13.7. The number of nitrogens with one attached hydrogen (secondary N) is 1. The van der Waals surface area contributed by atoms with E-state index in [9.17, 15) is 39.6 Å². The molecule has 0 radical (unpaired) electrons. The van der Waals surface area contributed by atoms with Gasteiger partial charge in [0.25, 0.3) is 10.0 Å². The number of benzene rings is 3. The summed E-state index contributed by atoms with van der Waals surface area (Å²) < 4.78 is 112. The number of methoxy groups -OCH3 is 1. The summed E-state index contributed by atoms with van der Waals surface area (Å²) in [6.07, 6.45) is -9.60. The molecule has 0 atom stereocenters. The highest BCUT2D eigenvalue weighted by atomic mass is 35.5. The van der Waals surface area contributed by atoms with Gasteiger partial charge >= 0.3 is 12.4 Å². The summed E-state index contributed by atoms with van der Waals surface area (Å²) in [6, 6.07) is 9.43. The Kier molecular flexibility index (Phi) is 8.22. The summed E-state index contributed by atoms with van der Waals surface area (Å²) >= 11 is 5.90. The Morgan fingerprint density at radius 3 is 2.18 bits per heavy atom. The number of hydrogen-bond acceptors (Lipinski definition) is 4. The molecule has 0 saturated carbocycles. The van der Waals surface area contributed by atoms with E-state index < -0.39 is 62.2 Å². The van der Waals surface area contributed by atoms with Crippen molar-refractivity contribution < 1.29 is 44.3 Å². The van der Waals surface area contributed by atoms with Crippen molar-refractivity contribution in [3.8, 4) is 5.75 Å². The standard InChI is InChI=1S/C24H19ClF6N2O4S/c1-14-6-9-20(37-2)21(10-14)38(35,36)33(17-5-3-4-15(11-17)23(26,27)28)13-22(34)32-19-12-16(24(29,30)31)7-8-18(19)25/h3-12H,13H2,1-2H3,(H,32,34). The third-order valence-electron chi connectivity index (χ3n) is 5.20. The molecule has 0 aliphatic rings. The molecule has 0 spiro atoms. The molecule has 0 heterocycles. The lowest BCUT2D eigenvalue weighted by atomic mass is 10.2. The smallest absolute Gasteiger partial charge is 0.416 e. The van der Waals surface area contributed by atoms with Crippen molar-refractivity contribution in [2.75, 3.05) is 23.3 Å². The number of anilines is 2. The molecule has 3 rings (SSSR count). The summed E-state index contributed by atoms with van der Waals surface area (Å²) in [6.45, 7) is 0.461. The van der Waals surface area contributed by atoms with Gasteiger partial charge in [-0.2, -0.15) is 26.3 Å². The van der Waals surface area contributed by atoms with E-state index in [0.29, 0.717) is 34.1 Å². The van der Waals surface area contributed by atoms with Gasteiger partial charge in [-0.05, 0) is 61.0 Å². The zero-order valence-electron chi connectivity index (χ0n) is 19.6. The van der Waals surface area contributed by atoms with E-state index >= 15 is 0 Å². The minimum Gasteiger partial charge on any atom is -0.495 e. The van der Waals surface area contributed by atoms with Crippen LogP contribution in [0.5, 0.6) is 5.75 Å². The number of hydrogen-bond donors (Lipinski definition) is 1. The van der Waals surface area contributed by atoms with Crippen LogP contribution in [0, 0.1) is 6.92 Å². The van der Waals surface area contributed by atoms with Crippen molar-refractivity contribution in [1.29, 1.82) is 0 Å². The predicted octanol–water partition coefficient (Wildman–Crippen LogP) is 6.53. The van der Waals surface area contributed by atoms with Crippen LogP contribution in [0.25, 0.3) is 0 Å². The van der Waals surface area contributed by atoms with Crippen LogP contribution in [0.1, 0.15) is 16.7 Å². The quantitative estimate of drug-likeness (QED) is 0.323. The Morgan fingerprint density at radius 2 is 1.58 bits per heavy atom. The van der Waals surface area contributed by atoms with Gasteiger partial charge in [-0.15, -0.1) is 0 Å². The van der Waals surface area contributed by atoms with E-state index in [1.165, 1.54) is 25.3 Å². The molecule has 0 fully saturated rings. The van der Waals surface area contributed by atoms with E-state index in [4.69, 9.17) is 16.3 Å². The summed E-state index contributed by atoms with van der Waals surface area (Å²) in [5.41, 5.74) is -2.85. The fraction of sp³-hybridized carbons (Fsp3) is 0.208. The number of sulfonamides is 1. The SMILES string of the molecule is COc1ccc(C)cc1S(=O)(=O)N(CC(=O)Nc1cc(C(F)(F)F)ccc1Cl)c1cccc(C(F)(F)F)c1. The minimum atomic E-state index is -4.83. The summed E-state index contributed by atoms with van der Waals surface area (Å²) in [4.78, 5) is 12.4. The second-order valence-electron chi connectivity index (χ2n) is 7.95. The molecule has 204 valence electrons. The number of ether oxygens (including phenoxy) is 1. The van der Waals surface area contributed by atoms with Crippen LogP contribution in [0.3, 0.4) is 0 Å². The number of carbonyl (C=O) groups is 1. The molecular formula is C24H19ClF6N2O4S. The van der Waals surface area contributed by atoms with Crippen molar-refractivity contribution in [3.05, 3.63) is 82.4 Å². The molecule has 38 heavy (non-hydrogen) atoms. The molecule has 0 unspecified atom stereocenters. The number of nitrogens with zero attached hydrogens (tertiary/aromatic N) is 1. The van der Waals surface area contributed by atoms with Gasteiger partial charge < -0.3 is 10.1 Å². The molecule has 1 amide bonds. The van der Waals surface area contributed by atoms with E-state index in [1.807, 2.05) is 0 Å². The molecule has 0 bridgehead atoms. The maximum Gasteiger partial charge on any atom is 0.416 e. The van der Waals surface area contributed by atoms with Crippen LogP contribution in [-0.2, 0) is 27.2 Å². The molecule has 0 aromatic heterocycles. The van der Waals surface area contributed by atoms with Crippen LogP contribution in [-0.4, -0.2) is 28.0 Å². The number of carbonyl (C=O) groups excluding carboxylic acids is 1. The van der Waals surface area contributed by atoms with Gasteiger partial charge in [-0.3, -0.25) is 9.10 Å². The van der Waals surface area contributed by atoms with Crippen LogP contribution < -0.4 is 14.4 Å². The Morgan fingerprint density at radius 1 is 0.947 bits per heavy atom. The first-order valence-corrected chi connectivity index (χ1v) is 12.4. The molecule has 0 saturated heterocycles. The molecule has 14 heteroatoms. The van der Waals surface area contributed by atoms with Gasteiger partial charge in [0.15, 0.2) is 0 Å². The monoisotopic (exact) mass is 580 g/mol. The average molecular weight is 581 g/mol. The Hall–Kier alpha value is -3.45. The fourth-order valence-corrected chi connectivity index (χ4v) is 5.20. The van der Waals surface area contributed by atoms with Crippen LogP contribution >= 0.6 is 11.6 Å². The summed E-state index contributed by atoms with van der Waals surface area (Å²) in [7, 11) is -3.56. The molecule has 0 aliphatic carbocycles. The van der Waals surface area contributed by atoms with Gasteiger partial charge in [-0.25, -0.2) is 8.42 Å². The predicted molar refractivity (Wildman–Crippen MR) is 129 cm³/mol. The molecule has 6 nitrogen and oxygen atoms in total. The van der Waals surface area contributed by atoms with Gasteiger partial charge in [0.1, 0.15) is 17.2 Å². The Labute approximate surface area is 218 Å². The highest BCUT2D eigenvalue weighted by Crippen LogP contribution is 2.36. The van der Waals surface area contributed by atoms with Crippen LogP contribution in [0.4, 0.5) is 37.7 Å². The van der Waals surface area contributed by atoms with Crippen LogP contribution in [0.2, 0.25) is 5.02 Å². The van der Waals surface area contributed by atoms with E-state index in [-0.39, 0.29) is 10.8 Å². The minimum absolute atomic E-state index is 0.145. The van der Waals surface area contributed by atoms with Gasteiger partial charge in [0.05, 0.1) is 34.6 Å². The van der Waals surface area contributed by atoms with Crippen molar-refractivity contribution in [3.63, 3.8) is 0 Å². The first-order valence-electron chi connectivity index (χ1n) is 10.6. The number of halogens is 7. The maximum atomic E-state index is 13.7. The van der Waals surface area contributed by atoms with Crippen molar-refractivity contribution >= 4 is 38.9 Å². The zero-order chi connectivity index (χ0) is 28.5. The Bertz CT molecular complexity index is 1460. The lowest BCUT2D eigenvalue weighted by molar-refractivity contribution is -0.138. The van der Waals surface area contributed by atoms with E-state index in [2.05, 4.69) is 5.32 Å².